The van der Waals surface area contributed by atoms with Gasteiger partial charge < -0.3 is 0 Å². The lowest BCUT2D eigenvalue weighted by molar-refractivity contribution is 0.374. The van der Waals surface area contributed by atoms with Crippen LogP contribution in [0.5, 0.6) is 0 Å². The predicted octanol–water partition coefficient (Wildman–Crippen LogP) is 6.69. The third-order valence-electron chi connectivity index (χ3n) is 4.74. The molecule has 0 atom stereocenters. The van der Waals surface area contributed by atoms with Crippen molar-refractivity contribution in [1.29, 1.82) is 0 Å². The van der Waals surface area contributed by atoms with Gasteiger partial charge in [0.2, 0.25) is 0 Å². The summed E-state index contributed by atoms with van der Waals surface area (Å²) in [6, 6.07) is 5.49. The second kappa shape index (κ2) is 8.13. The van der Waals surface area contributed by atoms with Crippen LogP contribution in [0.4, 0.5) is 0 Å². The van der Waals surface area contributed by atoms with E-state index in [2.05, 4.69) is 29.0 Å². The van der Waals surface area contributed by atoms with E-state index in [1.54, 1.807) is 6.07 Å². The summed E-state index contributed by atoms with van der Waals surface area (Å²) in [4.78, 5) is 9.07. The summed E-state index contributed by atoms with van der Waals surface area (Å²) in [7, 11) is 0. The molecule has 1 heterocycles. The molecule has 0 N–H and O–H groups in total. The van der Waals surface area contributed by atoms with Crippen molar-refractivity contribution in [2.75, 3.05) is 0 Å². The first kappa shape index (κ1) is 17.4. The second-order valence-corrected chi connectivity index (χ2v) is 7.23. The largest absolute Gasteiger partial charge is 0.236 e. The van der Waals surface area contributed by atoms with Gasteiger partial charge in [0.05, 0.1) is 10.0 Å². The van der Waals surface area contributed by atoms with E-state index in [0.717, 1.165) is 17.9 Å². The predicted molar refractivity (Wildman–Crippen MR) is 102 cm³/mol. The zero-order valence-corrected chi connectivity index (χ0v) is 15.4. The average molecular weight is 361 g/mol. The summed E-state index contributed by atoms with van der Waals surface area (Å²) >= 11 is 12.0. The lowest BCUT2D eigenvalue weighted by Crippen LogP contribution is -2.12. The molecule has 0 spiro atoms. The van der Waals surface area contributed by atoms with Crippen molar-refractivity contribution in [2.24, 2.45) is 5.92 Å². The lowest BCUT2D eigenvalue weighted by atomic mass is 9.79. The Bertz CT molecular complexity index is 702. The summed E-state index contributed by atoms with van der Waals surface area (Å²) < 4.78 is 0. The van der Waals surface area contributed by atoms with E-state index in [0.29, 0.717) is 21.8 Å². The third kappa shape index (κ3) is 4.17. The molecule has 24 heavy (non-hydrogen) atoms. The van der Waals surface area contributed by atoms with Crippen molar-refractivity contribution in [1.82, 2.24) is 9.97 Å². The Balaban J connectivity index is 1.67. The fraction of sp³-hybridized carbons (Fsp3) is 0.400. The highest BCUT2D eigenvalue weighted by Gasteiger charge is 2.21. The number of hydrogen-bond donors (Lipinski definition) is 0. The minimum Gasteiger partial charge on any atom is -0.236 e. The molecular formula is C20H22Cl2N2. The Morgan fingerprint density at radius 3 is 2.38 bits per heavy atom. The molecule has 3 rings (SSSR count). The van der Waals surface area contributed by atoms with Crippen molar-refractivity contribution in [3.8, 4) is 11.4 Å². The summed E-state index contributed by atoms with van der Waals surface area (Å²) in [6.45, 7) is 2.19. The molecule has 0 saturated heterocycles. The summed E-state index contributed by atoms with van der Waals surface area (Å²) in [6.07, 6.45) is 14.7. The molecule has 126 valence electrons. The van der Waals surface area contributed by atoms with Crippen LogP contribution < -0.4 is 0 Å². The van der Waals surface area contributed by atoms with Gasteiger partial charge in [-0.25, -0.2) is 9.97 Å². The Morgan fingerprint density at radius 2 is 1.75 bits per heavy atom. The Labute approximate surface area is 153 Å². The summed E-state index contributed by atoms with van der Waals surface area (Å²) in [5, 5.41) is 1.08. The van der Waals surface area contributed by atoms with Crippen LogP contribution in [0.25, 0.3) is 11.4 Å². The van der Waals surface area contributed by atoms with Crippen molar-refractivity contribution in [3.63, 3.8) is 0 Å². The number of aromatic nitrogens is 2. The normalized spacial score (nSPS) is 21.3. The van der Waals surface area contributed by atoms with E-state index < -0.39 is 0 Å². The molecule has 0 radical (unpaired) electrons. The highest BCUT2D eigenvalue weighted by Crippen LogP contribution is 2.36. The smallest absolute Gasteiger partial charge is 0.159 e. The van der Waals surface area contributed by atoms with Crippen molar-refractivity contribution < 1.29 is 0 Å². The van der Waals surface area contributed by atoms with Crippen molar-refractivity contribution >= 4 is 23.2 Å². The molecule has 0 amide bonds. The minimum atomic E-state index is 0.528. The van der Waals surface area contributed by atoms with Crippen molar-refractivity contribution in [3.05, 3.63) is 58.4 Å². The average Bonchev–Trinajstić information content (AvgIpc) is 2.63. The SMILES string of the molecule is CCC=C[C@H]1CC[C@H](c2cnc(-c3ccc(Cl)c(Cl)c3)nc2)CC1. The molecule has 0 aliphatic heterocycles. The van der Waals surface area contributed by atoms with Crippen molar-refractivity contribution in [2.45, 2.75) is 44.9 Å². The molecule has 2 aromatic rings. The molecule has 1 aliphatic rings. The number of rotatable bonds is 4. The number of hydrogen-bond acceptors (Lipinski definition) is 2. The van der Waals surface area contributed by atoms with Gasteiger partial charge in [-0.3, -0.25) is 0 Å². The molecule has 1 aromatic carbocycles. The molecule has 1 fully saturated rings. The van der Waals surface area contributed by atoms with Gasteiger partial charge in [-0.1, -0.05) is 42.3 Å². The number of benzene rings is 1. The topological polar surface area (TPSA) is 25.8 Å². The summed E-state index contributed by atoms with van der Waals surface area (Å²) in [5.41, 5.74) is 2.14. The zero-order valence-electron chi connectivity index (χ0n) is 13.9. The maximum atomic E-state index is 6.07. The molecule has 1 saturated carbocycles. The Kier molecular flexibility index (Phi) is 5.91. The Morgan fingerprint density at radius 1 is 1.04 bits per heavy atom. The molecular weight excluding hydrogens is 339 g/mol. The maximum Gasteiger partial charge on any atom is 0.159 e. The second-order valence-electron chi connectivity index (χ2n) is 6.42. The maximum absolute atomic E-state index is 6.07. The van der Waals surface area contributed by atoms with Gasteiger partial charge in [-0.15, -0.1) is 0 Å². The molecule has 1 aromatic heterocycles. The van der Waals surface area contributed by atoms with Crippen LogP contribution in [0.2, 0.25) is 10.0 Å². The first-order valence-corrected chi connectivity index (χ1v) is 9.37. The Hall–Kier alpha value is -1.38. The van der Waals surface area contributed by atoms with E-state index in [4.69, 9.17) is 23.2 Å². The van der Waals surface area contributed by atoms with Crippen LogP contribution in [-0.2, 0) is 0 Å². The number of nitrogens with zero attached hydrogens (tertiary/aromatic N) is 2. The quantitative estimate of drug-likeness (QED) is 0.567. The van der Waals surface area contributed by atoms with E-state index in [9.17, 15) is 0 Å². The fourth-order valence-corrected chi connectivity index (χ4v) is 3.60. The molecule has 4 heteroatoms. The highest BCUT2D eigenvalue weighted by molar-refractivity contribution is 6.42. The monoisotopic (exact) mass is 360 g/mol. The molecule has 0 bridgehead atoms. The van der Waals surface area contributed by atoms with E-state index >= 15 is 0 Å². The van der Waals surface area contributed by atoms with Gasteiger partial charge in [0.25, 0.3) is 0 Å². The molecule has 1 aliphatic carbocycles. The van der Waals surface area contributed by atoms with Crippen LogP contribution in [0.3, 0.4) is 0 Å². The van der Waals surface area contributed by atoms with Crippen LogP contribution in [-0.4, -0.2) is 9.97 Å². The van der Waals surface area contributed by atoms with Crippen LogP contribution in [0.1, 0.15) is 50.5 Å². The molecule has 0 unspecified atom stereocenters. The fourth-order valence-electron chi connectivity index (χ4n) is 3.31. The van der Waals surface area contributed by atoms with Gasteiger partial charge >= 0.3 is 0 Å². The van der Waals surface area contributed by atoms with Crippen LogP contribution in [0, 0.1) is 5.92 Å². The number of halogens is 2. The highest BCUT2D eigenvalue weighted by atomic mass is 35.5. The zero-order chi connectivity index (χ0) is 16.9. The van der Waals surface area contributed by atoms with Crippen LogP contribution in [0.15, 0.2) is 42.7 Å². The third-order valence-corrected chi connectivity index (χ3v) is 5.48. The van der Waals surface area contributed by atoms with Gasteiger partial charge in [0.1, 0.15) is 0 Å². The van der Waals surface area contributed by atoms with Gasteiger partial charge in [0, 0.05) is 18.0 Å². The van der Waals surface area contributed by atoms with E-state index in [1.807, 2.05) is 24.5 Å². The van der Waals surface area contributed by atoms with E-state index in [1.165, 1.54) is 31.2 Å². The first-order chi connectivity index (χ1) is 11.7. The standard InChI is InChI=1S/C20H22Cl2N2/c1-2-3-4-14-5-7-15(8-6-14)17-12-23-20(24-13-17)16-9-10-18(21)19(22)11-16/h3-4,9-15H,2,5-8H2,1H3/t14-,15-. The molecule has 2 nitrogen and oxygen atoms in total. The van der Waals surface area contributed by atoms with Crippen LogP contribution >= 0.6 is 23.2 Å². The van der Waals surface area contributed by atoms with Gasteiger partial charge in [0.15, 0.2) is 5.82 Å². The first-order valence-electron chi connectivity index (χ1n) is 8.61. The summed E-state index contributed by atoms with van der Waals surface area (Å²) in [5.74, 6) is 2.02. The van der Waals surface area contributed by atoms with Gasteiger partial charge in [-0.2, -0.15) is 0 Å². The van der Waals surface area contributed by atoms with Gasteiger partial charge in [-0.05, 0) is 67.7 Å². The number of allylic oxidation sites excluding steroid dienone is 2. The minimum absolute atomic E-state index is 0.528. The van der Waals surface area contributed by atoms with E-state index in [-0.39, 0.29) is 0 Å². The lowest BCUT2D eigenvalue weighted by Gasteiger charge is -2.26.